The zero-order valence-corrected chi connectivity index (χ0v) is 61.6. The number of rotatable bonds is 33. The summed E-state index contributed by atoms with van der Waals surface area (Å²) in [5, 5.41) is 9.72. The van der Waals surface area contributed by atoms with Crippen LogP contribution >= 0.6 is 0 Å². The minimum atomic E-state index is -2.83. The van der Waals surface area contributed by atoms with Crippen molar-refractivity contribution in [1.29, 1.82) is 0 Å². The summed E-state index contributed by atoms with van der Waals surface area (Å²) in [5.41, 5.74) is 0.267. The van der Waals surface area contributed by atoms with Gasteiger partial charge in [0.15, 0.2) is 17.4 Å². The van der Waals surface area contributed by atoms with Gasteiger partial charge in [0.05, 0.1) is 13.2 Å². The van der Waals surface area contributed by atoms with Crippen molar-refractivity contribution in [2.45, 2.75) is 215 Å². The Kier molecular flexibility index (Phi) is 26.1. The molecule has 29 heteroatoms. The van der Waals surface area contributed by atoms with Gasteiger partial charge in [-0.05, 0) is 188 Å². The van der Waals surface area contributed by atoms with Gasteiger partial charge in [0, 0.05) is 12.2 Å². The summed E-state index contributed by atoms with van der Waals surface area (Å²) >= 11 is 0. The number of ether oxygens (including phenoxy) is 2. The number of aliphatic hydroxyl groups excluding tert-OH is 1. The largest absolute Gasteiger partial charge is 0.454 e. The molecule has 1 N–H and O–H groups in total. The molecule has 68 heavy (non-hydrogen) atoms. The second-order valence-electron chi connectivity index (χ2n) is 24.4. The van der Waals surface area contributed by atoms with Crippen LogP contribution in [0.5, 0.6) is 0 Å². The third-order valence-corrected chi connectivity index (χ3v) is 61.6. The zero-order chi connectivity index (χ0) is 54.2. The summed E-state index contributed by atoms with van der Waals surface area (Å²) < 4.78 is 93.1. The minimum Gasteiger partial charge on any atom is -0.454 e. The van der Waals surface area contributed by atoms with E-state index in [1.807, 2.05) is 52.4 Å². The van der Waals surface area contributed by atoms with E-state index in [9.17, 15) is 9.90 Å². The van der Waals surface area contributed by atoms with Crippen LogP contribution in [0.15, 0.2) is 12.2 Å². The molecule has 0 aliphatic carbocycles. The molecule has 0 bridgehead atoms. The lowest BCUT2D eigenvalue weighted by Gasteiger charge is -2.46. The molecule has 0 saturated carbocycles. The standard InChI is InChI=1S/C39H102O16Si13/c1-36(2)38(41)43-37(34-40)35-42-32-31-33-68(30,44-56(6)7)55-67(28,29)54-66(26,27)53-65(24,25)52-64(22,23)51-63(20,21)50-62(18,19)49-61(16,17)48-60(14,15)47-59(12,13)46-58(10,11)45-57(8,9)39(3,4)5/h37,40,56H,1,31-35H2,2-30H3. The zero-order valence-electron chi connectivity index (χ0n) is 48.5. The van der Waals surface area contributed by atoms with Gasteiger partial charge in [0.1, 0.15) is 6.10 Å². The summed E-state index contributed by atoms with van der Waals surface area (Å²) in [7, 11) is -33.8. The van der Waals surface area contributed by atoms with E-state index in [1.54, 1.807) is 6.92 Å². The van der Waals surface area contributed by atoms with Crippen molar-refractivity contribution >= 4 is 117 Å². The molecule has 0 heterocycles. The first-order chi connectivity index (χ1) is 29.7. The minimum absolute atomic E-state index is 0.0806. The molecule has 0 amide bonds. The van der Waals surface area contributed by atoms with Crippen LogP contribution in [0.25, 0.3) is 0 Å². The van der Waals surface area contributed by atoms with Crippen LogP contribution in [0, 0.1) is 0 Å². The second kappa shape index (κ2) is 25.5. The Labute approximate surface area is 430 Å². The molecule has 0 aliphatic rings. The third-order valence-electron chi connectivity index (χ3n) is 9.73. The highest BCUT2D eigenvalue weighted by atomic mass is 28.5. The van der Waals surface area contributed by atoms with Gasteiger partial charge in [-0.15, -0.1) is 0 Å². The molecule has 0 aromatic rings. The fraction of sp³-hybridized carbons (Fsp3) is 0.923. The maximum Gasteiger partial charge on any atom is 0.333 e. The number of hydrogen-bond acceptors (Lipinski definition) is 16. The van der Waals surface area contributed by atoms with Gasteiger partial charge < -0.3 is 64.0 Å². The highest BCUT2D eigenvalue weighted by Crippen LogP contribution is 2.39. The predicted octanol–water partition coefficient (Wildman–Crippen LogP) is 11.2. The van der Waals surface area contributed by atoms with Crippen LogP contribution in [0.3, 0.4) is 0 Å². The first-order valence-corrected chi connectivity index (χ1v) is 60.5. The molecular weight excluding hydrogens is 1090 g/mol. The number of carbonyl (C=O) groups is 1. The summed E-state index contributed by atoms with van der Waals surface area (Å²) in [6, 6.07) is 0.688. The molecular formula is C39H102O16Si13. The van der Waals surface area contributed by atoms with E-state index < -0.39 is 124 Å². The Hall–Kier alpha value is 1.47. The molecule has 0 radical (unpaired) electrons. The van der Waals surface area contributed by atoms with Crippen molar-refractivity contribution in [3.8, 4) is 0 Å². The summed E-state index contributed by atoms with van der Waals surface area (Å²) in [5.74, 6) is -0.555. The SMILES string of the molecule is C=C(C)C(=O)OC(CO)COCCC[Si](C)(O[SiH](C)C)O[Si](C)(C)O[Si](C)(C)O[Si](C)(C)O[Si](C)(C)O[Si](C)(C)O[Si](C)(C)O[Si](C)(C)O[Si](C)(C)O[Si](C)(C)O[Si](C)(C)O[Si](C)(C)C(C)(C)C. The van der Waals surface area contributed by atoms with E-state index in [0.29, 0.717) is 19.1 Å². The monoisotopic (exact) mass is 1190 g/mol. The van der Waals surface area contributed by atoms with Crippen molar-refractivity contribution in [3.05, 3.63) is 12.2 Å². The van der Waals surface area contributed by atoms with Crippen molar-refractivity contribution < 1.29 is 68.8 Å². The van der Waals surface area contributed by atoms with Crippen molar-refractivity contribution in [3.63, 3.8) is 0 Å². The molecule has 0 aromatic carbocycles. The van der Waals surface area contributed by atoms with Crippen LogP contribution < -0.4 is 0 Å². The van der Waals surface area contributed by atoms with E-state index in [4.69, 9.17) is 58.9 Å². The fourth-order valence-corrected chi connectivity index (χ4v) is 73.2. The Bertz CT molecular complexity index is 1610. The molecule has 0 aromatic heterocycles. The molecule has 16 nitrogen and oxygen atoms in total. The lowest BCUT2D eigenvalue weighted by Crippen LogP contribution is -2.63. The molecule has 2 atom stereocenters. The summed E-state index contributed by atoms with van der Waals surface area (Å²) in [4.78, 5) is 11.9. The van der Waals surface area contributed by atoms with Gasteiger partial charge in [0.2, 0.25) is 0 Å². The Morgan fingerprint density at radius 1 is 0.515 bits per heavy atom. The molecule has 0 rings (SSSR count). The van der Waals surface area contributed by atoms with Gasteiger partial charge in [0.25, 0.3) is 0 Å². The Morgan fingerprint density at radius 2 is 0.794 bits per heavy atom. The third kappa shape index (κ3) is 29.5. The summed E-state index contributed by atoms with van der Waals surface area (Å²) in [6.45, 7) is 64.2. The van der Waals surface area contributed by atoms with E-state index >= 15 is 0 Å². The molecule has 406 valence electrons. The average Bonchev–Trinajstić information content (AvgIpc) is 2.96. The highest BCUT2D eigenvalue weighted by molar-refractivity contribution is 6.94. The van der Waals surface area contributed by atoms with Gasteiger partial charge in [-0.2, -0.15) is 0 Å². The quantitative estimate of drug-likeness (QED) is 0.0285. The Balaban J connectivity index is 5.70. The van der Waals surface area contributed by atoms with Crippen molar-refractivity contribution in [1.82, 2.24) is 0 Å². The van der Waals surface area contributed by atoms with Crippen LogP contribution in [-0.2, 0) is 63.7 Å². The number of aliphatic hydroxyl groups is 1. The van der Waals surface area contributed by atoms with Gasteiger partial charge in [-0.1, -0.05) is 27.4 Å². The smallest absolute Gasteiger partial charge is 0.333 e. The number of esters is 1. The van der Waals surface area contributed by atoms with E-state index in [1.165, 1.54) is 0 Å². The van der Waals surface area contributed by atoms with E-state index in [2.05, 4.69) is 139 Å². The second-order valence-corrected chi connectivity index (χ2v) is 71.7. The fourth-order valence-electron chi connectivity index (χ4n) is 8.54. The first kappa shape index (κ1) is 69.5. The highest BCUT2D eigenvalue weighted by Gasteiger charge is 2.52. The van der Waals surface area contributed by atoms with Crippen LogP contribution in [0.1, 0.15) is 34.1 Å². The topological polar surface area (TPSA) is 167 Å². The summed E-state index contributed by atoms with van der Waals surface area (Å²) in [6.07, 6.45) is -0.0836. The maximum atomic E-state index is 11.9. The normalized spacial score (nSPS) is 16.3. The molecule has 2 unspecified atom stereocenters. The van der Waals surface area contributed by atoms with Gasteiger partial charge >= 0.3 is 100 Å². The molecule has 0 fully saturated rings. The van der Waals surface area contributed by atoms with E-state index in [-0.39, 0.29) is 23.8 Å². The Morgan fingerprint density at radius 3 is 1.04 bits per heavy atom. The van der Waals surface area contributed by atoms with E-state index in [0.717, 1.165) is 0 Å². The molecule has 0 spiro atoms. The lowest BCUT2D eigenvalue weighted by molar-refractivity contribution is -0.149. The predicted molar refractivity (Wildman–Crippen MR) is 308 cm³/mol. The van der Waals surface area contributed by atoms with Crippen LogP contribution in [0.4, 0.5) is 0 Å². The van der Waals surface area contributed by atoms with Crippen molar-refractivity contribution in [2.75, 3.05) is 19.8 Å². The molecule has 0 aliphatic heterocycles. The van der Waals surface area contributed by atoms with Gasteiger partial charge in [-0.3, -0.25) is 0 Å². The molecule has 0 saturated heterocycles. The first-order valence-electron chi connectivity index (χ1n) is 24.1. The van der Waals surface area contributed by atoms with Crippen LogP contribution in [0.2, 0.25) is 175 Å². The van der Waals surface area contributed by atoms with Crippen molar-refractivity contribution in [2.24, 2.45) is 0 Å². The lowest BCUT2D eigenvalue weighted by atomic mass is 10.2. The number of hydrogen-bond donors (Lipinski definition) is 1. The number of carbonyl (C=O) groups excluding carboxylic acids is 1. The average molecular weight is 1190 g/mol. The maximum absolute atomic E-state index is 11.9. The van der Waals surface area contributed by atoms with Crippen LogP contribution in [-0.4, -0.2) is 149 Å². The van der Waals surface area contributed by atoms with Gasteiger partial charge in [-0.25, -0.2) is 4.79 Å².